The van der Waals surface area contributed by atoms with Crippen molar-refractivity contribution in [3.8, 4) is 5.75 Å². The minimum absolute atomic E-state index is 0.0323. The van der Waals surface area contributed by atoms with Crippen LogP contribution in [0.5, 0.6) is 5.75 Å². The Hall–Kier alpha value is -2.66. The molecule has 2 aromatic carbocycles. The second kappa shape index (κ2) is 7.07. The molecule has 1 amide bonds. The number of carbonyl (C=O) groups is 1. The zero-order chi connectivity index (χ0) is 17.1. The Morgan fingerprint density at radius 3 is 2.84 bits per heavy atom. The predicted octanol–water partition coefficient (Wildman–Crippen LogP) is 3.92. The van der Waals surface area contributed by atoms with Crippen LogP contribution in [-0.4, -0.2) is 17.5 Å². The number of fused-ring (bicyclic) bond motifs is 1. The average molecular weight is 350 g/mol. The number of amides is 1. The summed E-state index contributed by atoms with van der Waals surface area (Å²) in [6.45, 7) is 0.408. The monoisotopic (exact) mass is 350 g/mol. The van der Waals surface area contributed by atoms with E-state index in [-0.39, 0.29) is 11.8 Å². The molecule has 1 aliphatic heterocycles. The lowest BCUT2D eigenvalue weighted by molar-refractivity contribution is -0.121. The van der Waals surface area contributed by atoms with Gasteiger partial charge < -0.3 is 10.1 Å². The Morgan fingerprint density at radius 1 is 1.16 bits per heavy atom. The van der Waals surface area contributed by atoms with E-state index >= 15 is 0 Å². The smallest absolute Gasteiger partial charge is 0.233 e. The van der Waals surface area contributed by atoms with Gasteiger partial charge in [0.15, 0.2) is 5.13 Å². The molecule has 5 heteroatoms. The molecule has 3 aromatic rings. The fourth-order valence-electron chi connectivity index (χ4n) is 2.95. The highest BCUT2D eigenvalue weighted by atomic mass is 32.1. The molecule has 1 N–H and O–H groups in total. The Balaban J connectivity index is 1.39. The maximum absolute atomic E-state index is 12.5. The molecule has 1 aromatic heterocycles. The van der Waals surface area contributed by atoms with Gasteiger partial charge in [0, 0.05) is 17.5 Å². The van der Waals surface area contributed by atoms with Gasteiger partial charge in [0.2, 0.25) is 5.91 Å². The van der Waals surface area contributed by atoms with Crippen molar-refractivity contribution in [2.24, 2.45) is 5.92 Å². The van der Waals surface area contributed by atoms with E-state index in [2.05, 4.69) is 22.4 Å². The molecular weight excluding hydrogens is 332 g/mol. The van der Waals surface area contributed by atoms with E-state index in [0.29, 0.717) is 18.2 Å². The molecule has 25 heavy (non-hydrogen) atoms. The minimum Gasteiger partial charge on any atom is -0.492 e. The highest BCUT2D eigenvalue weighted by molar-refractivity contribution is 7.15. The molecule has 0 spiro atoms. The predicted molar refractivity (Wildman–Crippen MR) is 99.1 cm³/mol. The van der Waals surface area contributed by atoms with E-state index in [4.69, 9.17) is 4.74 Å². The first-order valence-electron chi connectivity index (χ1n) is 8.28. The highest BCUT2D eigenvalue weighted by Crippen LogP contribution is 2.28. The van der Waals surface area contributed by atoms with Crippen molar-refractivity contribution in [3.63, 3.8) is 0 Å². The quantitative estimate of drug-likeness (QED) is 0.776. The van der Waals surface area contributed by atoms with Crippen LogP contribution in [0.15, 0.2) is 60.8 Å². The summed E-state index contributed by atoms with van der Waals surface area (Å²) in [5.41, 5.74) is 2.32. The van der Waals surface area contributed by atoms with E-state index in [0.717, 1.165) is 22.6 Å². The number of anilines is 1. The number of rotatable bonds is 4. The Labute approximate surface area is 150 Å². The van der Waals surface area contributed by atoms with Crippen LogP contribution in [0.3, 0.4) is 0 Å². The summed E-state index contributed by atoms with van der Waals surface area (Å²) in [6, 6.07) is 18.1. The number of aromatic nitrogens is 1. The van der Waals surface area contributed by atoms with E-state index < -0.39 is 0 Å². The molecule has 4 nitrogen and oxygen atoms in total. The third kappa shape index (κ3) is 3.72. The molecule has 2 heterocycles. The summed E-state index contributed by atoms with van der Waals surface area (Å²) in [5, 5.41) is 3.59. The van der Waals surface area contributed by atoms with Crippen LogP contribution in [0, 0.1) is 5.92 Å². The molecular formula is C20H18N2O2S. The van der Waals surface area contributed by atoms with Crippen molar-refractivity contribution in [3.05, 3.63) is 76.8 Å². The number of benzene rings is 2. The lowest BCUT2D eigenvalue weighted by Crippen LogP contribution is -2.32. The summed E-state index contributed by atoms with van der Waals surface area (Å²) < 4.78 is 5.70. The van der Waals surface area contributed by atoms with Crippen molar-refractivity contribution < 1.29 is 9.53 Å². The van der Waals surface area contributed by atoms with Crippen LogP contribution in [0.4, 0.5) is 5.13 Å². The van der Waals surface area contributed by atoms with Gasteiger partial charge >= 0.3 is 0 Å². The second-order valence-corrected chi connectivity index (χ2v) is 7.22. The summed E-state index contributed by atoms with van der Waals surface area (Å²) in [6.07, 6.45) is 3.36. The fourth-order valence-corrected chi connectivity index (χ4v) is 3.80. The van der Waals surface area contributed by atoms with Crippen LogP contribution in [0.2, 0.25) is 0 Å². The number of hydrogen-bond donors (Lipinski definition) is 1. The molecule has 0 saturated heterocycles. The van der Waals surface area contributed by atoms with Gasteiger partial charge in [-0.05, 0) is 23.6 Å². The summed E-state index contributed by atoms with van der Waals surface area (Å²) in [4.78, 5) is 18.0. The summed E-state index contributed by atoms with van der Waals surface area (Å²) >= 11 is 1.52. The molecule has 0 unspecified atom stereocenters. The van der Waals surface area contributed by atoms with Crippen LogP contribution in [-0.2, 0) is 17.6 Å². The number of para-hydroxylation sites is 1. The normalized spacial score (nSPS) is 15.9. The van der Waals surface area contributed by atoms with Crippen LogP contribution < -0.4 is 10.1 Å². The molecule has 0 aliphatic carbocycles. The van der Waals surface area contributed by atoms with Gasteiger partial charge in [0.1, 0.15) is 12.4 Å². The lowest BCUT2D eigenvalue weighted by atomic mass is 9.96. The van der Waals surface area contributed by atoms with Gasteiger partial charge in [-0.1, -0.05) is 48.5 Å². The highest BCUT2D eigenvalue weighted by Gasteiger charge is 2.26. The first-order valence-corrected chi connectivity index (χ1v) is 9.10. The standard InChI is InChI=1S/C20H18N2O2S/c23-19(16-11-15-8-4-5-9-18(15)24-13-16)22-20-21-12-17(25-20)10-14-6-2-1-3-7-14/h1-9,12,16H,10-11,13H2,(H,21,22,23)/t16-/m1/s1. The number of carbonyl (C=O) groups excluding carboxylic acids is 1. The van der Waals surface area contributed by atoms with Crippen molar-refractivity contribution >= 4 is 22.4 Å². The van der Waals surface area contributed by atoms with Crippen LogP contribution in [0.25, 0.3) is 0 Å². The van der Waals surface area contributed by atoms with E-state index in [1.54, 1.807) is 0 Å². The largest absolute Gasteiger partial charge is 0.492 e. The maximum Gasteiger partial charge on any atom is 0.233 e. The van der Waals surface area contributed by atoms with Crippen molar-refractivity contribution in [2.45, 2.75) is 12.8 Å². The van der Waals surface area contributed by atoms with Crippen LogP contribution in [0.1, 0.15) is 16.0 Å². The number of thiazole rings is 1. The van der Waals surface area contributed by atoms with Gasteiger partial charge in [-0.15, -0.1) is 11.3 Å². The molecule has 126 valence electrons. The van der Waals surface area contributed by atoms with Gasteiger partial charge in [-0.25, -0.2) is 4.98 Å². The first kappa shape index (κ1) is 15.8. The molecule has 0 fully saturated rings. The third-order valence-electron chi connectivity index (χ3n) is 4.25. The zero-order valence-corrected chi connectivity index (χ0v) is 14.5. The van der Waals surface area contributed by atoms with E-state index in [1.165, 1.54) is 16.9 Å². The van der Waals surface area contributed by atoms with Crippen molar-refractivity contribution in [1.29, 1.82) is 0 Å². The van der Waals surface area contributed by atoms with E-state index in [1.807, 2.05) is 48.7 Å². The lowest BCUT2D eigenvalue weighted by Gasteiger charge is -2.24. The SMILES string of the molecule is O=C(Nc1ncc(Cc2ccccc2)s1)[C@H]1COc2ccccc2C1. The number of nitrogens with zero attached hydrogens (tertiary/aromatic N) is 1. The number of hydrogen-bond acceptors (Lipinski definition) is 4. The third-order valence-corrected chi connectivity index (χ3v) is 5.17. The second-order valence-electron chi connectivity index (χ2n) is 6.10. The minimum atomic E-state index is -0.184. The van der Waals surface area contributed by atoms with E-state index in [9.17, 15) is 4.79 Å². The number of ether oxygens (including phenoxy) is 1. The molecule has 1 aliphatic rings. The van der Waals surface area contributed by atoms with Crippen molar-refractivity contribution in [1.82, 2.24) is 4.98 Å². The molecule has 4 rings (SSSR count). The Morgan fingerprint density at radius 2 is 1.96 bits per heavy atom. The summed E-state index contributed by atoms with van der Waals surface area (Å²) in [5.74, 6) is 0.664. The Kier molecular flexibility index (Phi) is 4.48. The fraction of sp³-hybridized carbons (Fsp3) is 0.200. The molecule has 0 saturated carbocycles. The van der Waals surface area contributed by atoms with Crippen LogP contribution >= 0.6 is 11.3 Å². The molecule has 0 bridgehead atoms. The maximum atomic E-state index is 12.5. The average Bonchev–Trinajstić information content (AvgIpc) is 3.09. The molecule has 1 atom stereocenters. The van der Waals surface area contributed by atoms with Gasteiger partial charge in [0.25, 0.3) is 0 Å². The Bertz CT molecular complexity index is 876. The molecule has 0 radical (unpaired) electrons. The first-order chi connectivity index (χ1) is 12.3. The van der Waals surface area contributed by atoms with Gasteiger partial charge in [-0.3, -0.25) is 4.79 Å². The van der Waals surface area contributed by atoms with Gasteiger partial charge in [0.05, 0.1) is 5.92 Å². The van der Waals surface area contributed by atoms with Gasteiger partial charge in [-0.2, -0.15) is 0 Å². The summed E-state index contributed by atoms with van der Waals surface area (Å²) in [7, 11) is 0. The van der Waals surface area contributed by atoms with Crippen molar-refractivity contribution in [2.75, 3.05) is 11.9 Å². The number of nitrogens with one attached hydrogen (secondary N) is 1. The topological polar surface area (TPSA) is 51.2 Å². The zero-order valence-electron chi connectivity index (χ0n) is 13.6.